The highest BCUT2D eigenvalue weighted by Crippen LogP contribution is 2.05. The summed E-state index contributed by atoms with van der Waals surface area (Å²) in [5.74, 6) is 0. The zero-order valence-corrected chi connectivity index (χ0v) is 7.73. The summed E-state index contributed by atoms with van der Waals surface area (Å²) in [5.41, 5.74) is 1.82. The van der Waals surface area contributed by atoms with Crippen LogP contribution in [-0.2, 0) is 0 Å². The largest absolute Gasteiger partial charge is 0.335 e. The van der Waals surface area contributed by atoms with Gasteiger partial charge in [0.05, 0.1) is 22.9 Å². The number of nitrogens with one attached hydrogen (secondary N) is 3. The van der Waals surface area contributed by atoms with Crippen LogP contribution in [0.15, 0.2) is 11.8 Å². The van der Waals surface area contributed by atoms with E-state index in [-0.39, 0.29) is 0 Å². The van der Waals surface area contributed by atoms with Gasteiger partial charge in [-0.25, -0.2) is 0 Å². The molecule has 0 aromatic rings. The molecule has 1 rings (SSSR count). The summed E-state index contributed by atoms with van der Waals surface area (Å²) in [4.78, 5) is 0. The Morgan fingerprint density at radius 3 is 3.10 bits per heavy atom. The number of hydrogen-bond acceptors (Lipinski definition) is 3. The maximum Gasteiger partial charge on any atom is 0.0555 e. The van der Waals surface area contributed by atoms with Crippen LogP contribution in [0.3, 0.4) is 0 Å². The molecule has 4 heteroatoms. The van der Waals surface area contributed by atoms with E-state index >= 15 is 0 Å². The topological polar surface area (TPSA) is 47.9 Å². The molecular weight excluding hydrogens is 241 g/mol. The van der Waals surface area contributed by atoms with Crippen molar-refractivity contribution in [2.75, 3.05) is 13.1 Å². The first kappa shape index (κ1) is 8.00. The predicted octanol–water partition coefficient (Wildman–Crippen LogP) is 0.823. The molecule has 0 unspecified atom stereocenters. The Balaban J connectivity index is 2.56. The average molecular weight is 251 g/mol. The van der Waals surface area contributed by atoms with Gasteiger partial charge in [-0.3, -0.25) is 0 Å². The van der Waals surface area contributed by atoms with Crippen molar-refractivity contribution in [3.8, 4) is 0 Å². The van der Waals surface area contributed by atoms with E-state index in [4.69, 9.17) is 5.41 Å². The molecule has 1 heterocycles. The molecule has 0 spiro atoms. The summed E-state index contributed by atoms with van der Waals surface area (Å²) in [6, 6.07) is 0. The van der Waals surface area contributed by atoms with E-state index in [0.29, 0.717) is 12.3 Å². The Morgan fingerprint density at radius 2 is 2.50 bits per heavy atom. The van der Waals surface area contributed by atoms with Crippen LogP contribution < -0.4 is 8.85 Å². The summed E-state index contributed by atoms with van der Waals surface area (Å²) in [7, 11) is 0. The Morgan fingerprint density at radius 1 is 1.70 bits per heavy atom. The molecule has 0 aromatic heterocycles. The van der Waals surface area contributed by atoms with Gasteiger partial charge in [-0.2, -0.15) is 0 Å². The molecule has 3 nitrogen and oxygen atoms in total. The second-order valence-electron chi connectivity index (χ2n) is 2.18. The zero-order valence-electron chi connectivity index (χ0n) is 5.58. The fraction of sp³-hybridized carbons (Fsp3) is 0.500. The van der Waals surface area contributed by atoms with Crippen molar-refractivity contribution in [1.29, 1.82) is 5.41 Å². The molecule has 0 radical (unpaired) electrons. The fourth-order valence-corrected chi connectivity index (χ4v) is 1.30. The smallest absolute Gasteiger partial charge is 0.0555 e. The van der Waals surface area contributed by atoms with Crippen LogP contribution in [0.4, 0.5) is 0 Å². The van der Waals surface area contributed by atoms with Crippen LogP contribution in [0.1, 0.15) is 6.42 Å². The molecule has 56 valence electrons. The normalized spacial score (nSPS) is 23.3. The van der Waals surface area contributed by atoms with Crippen molar-refractivity contribution in [2.45, 2.75) is 6.42 Å². The van der Waals surface area contributed by atoms with E-state index in [1.54, 1.807) is 0 Å². The standard InChI is InChI=1S/C6H10IN3/c7-10-3-5-1-2-9-4-6(5)8/h3,8-10H,1-2,4H2/b5-3-,8-6?. The van der Waals surface area contributed by atoms with E-state index in [1.165, 1.54) is 0 Å². The lowest BCUT2D eigenvalue weighted by molar-refractivity contribution is 0.728. The van der Waals surface area contributed by atoms with Gasteiger partial charge in [-0.15, -0.1) is 0 Å². The van der Waals surface area contributed by atoms with Crippen molar-refractivity contribution in [3.05, 3.63) is 11.8 Å². The number of piperidine rings is 1. The van der Waals surface area contributed by atoms with Gasteiger partial charge in [0.1, 0.15) is 0 Å². The van der Waals surface area contributed by atoms with E-state index in [0.717, 1.165) is 18.5 Å². The van der Waals surface area contributed by atoms with Gasteiger partial charge in [-0.1, -0.05) is 0 Å². The third kappa shape index (κ3) is 1.95. The zero-order chi connectivity index (χ0) is 7.40. The van der Waals surface area contributed by atoms with E-state index in [9.17, 15) is 0 Å². The summed E-state index contributed by atoms with van der Waals surface area (Å²) in [6.45, 7) is 1.71. The van der Waals surface area contributed by atoms with Gasteiger partial charge in [-0.05, 0) is 18.5 Å². The third-order valence-electron chi connectivity index (χ3n) is 1.49. The first-order valence-corrected chi connectivity index (χ1v) is 4.26. The van der Waals surface area contributed by atoms with Gasteiger partial charge in [0.15, 0.2) is 0 Å². The summed E-state index contributed by atoms with van der Waals surface area (Å²) in [6.07, 6.45) is 2.86. The molecule has 0 amide bonds. The molecule has 10 heavy (non-hydrogen) atoms. The molecule has 0 saturated carbocycles. The van der Waals surface area contributed by atoms with E-state index < -0.39 is 0 Å². The van der Waals surface area contributed by atoms with Crippen molar-refractivity contribution in [3.63, 3.8) is 0 Å². The quantitative estimate of drug-likeness (QED) is 0.477. The van der Waals surface area contributed by atoms with Crippen molar-refractivity contribution in [1.82, 2.24) is 8.85 Å². The highest BCUT2D eigenvalue weighted by Gasteiger charge is 2.09. The maximum atomic E-state index is 7.48. The Bertz CT molecular complexity index is 164. The summed E-state index contributed by atoms with van der Waals surface area (Å²) >= 11 is 2.06. The second kappa shape index (κ2) is 3.92. The average Bonchev–Trinajstić information content (AvgIpc) is 1.94. The number of hydrogen-bond donors (Lipinski definition) is 3. The van der Waals surface area contributed by atoms with Gasteiger partial charge >= 0.3 is 0 Å². The van der Waals surface area contributed by atoms with Crippen LogP contribution in [0.25, 0.3) is 0 Å². The molecule has 0 aliphatic carbocycles. The maximum absolute atomic E-state index is 7.48. The molecule has 1 aliphatic heterocycles. The van der Waals surface area contributed by atoms with Crippen LogP contribution in [0, 0.1) is 5.41 Å². The highest BCUT2D eigenvalue weighted by molar-refractivity contribution is 14.1. The Kier molecular flexibility index (Phi) is 3.14. The lowest BCUT2D eigenvalue weighted by Gasteiger charge is -2.15. The molecule has 1 aliphatic rings. The van der Waals surface area contributed by atoms with Gasteiger partial charge in [0.25, 0.3) is 0 Å². The van der Waals surface area contributed by atoms with Crippen LogP contribution in [0.2, 0.25) is 0 Å². The number of rotatable bonds is 1. The fourth-order valence-electron chi connectivity index (χ4n) is 0.926. The molecule has 0 aromatic carbocycles. The molecule has 0 bridgehead atoms. The van der Waals surface area contributed by atoms with Crippen LogP contribution in [0.5, 0.6) is 0 Å². The molecule has 0 atom stereocenters. The minimum Gasteiger partial charge on any atom is -0.335 e. The van der Waals surface area contributed by atoms with Crippen LogP contribution in [-0.4, -0.2) is 18.8 Å². The van der Waals surface area contributed by atoms with Gasteiger partial charge in [0, 0.05) is 18.5 Å². The summed E-state index contributed by atoms with van der Waals surface area (Å²) < 4.78 is 2.91. The molecule has 1 saturated heterocycles. The van der Waals surface area contributed by atoms with Crippen molar-refractivity contribution >= 4 is 28.6 Å². The Hall–Kier alpha value is -0.100. The number of halogens is 1. The third-order valence-corrected chi connectivity index (χ3v) is 1.80. The SMILES string of the molecule is N=C1CNCC/C1=C/NI. The van der Waals surface area contributed by atoms with E-state index in [2.05, 4.69) is 31.7 Å². The first-order valence-electron chi connectivity index (χ1n) is 3.18. The molecule has 3 N–H and O–H groups in total. The highest BCUT2D eigenvalue weighted by atomic mass is 127. The van der Waals surface area contributed by atoms with Gasteiger partial charge < -0.3 is 14.3 Å². The molecule has 1 fully saturated rings. The second-order valence-corrected chi connectivity index (χ2v) is 2.81. The Labute approximate surface area is 74.3 Å². The summed E-state index contributed by atoms with van der Waals surface area (Å²) in [5, 5.41) is 10.6. The minimum atomic E-state index is 0.704. The minimum absolute atomic E-state index is 0.704. The molecular formula is C6H10IN3. The first-order chi connectivity index (χ1) is 4.84. The lowest BCUT2D eigenvalue weighted by atomic mass is 10.1. The van der Waals surface area contributed by atoms with Gasteiger partial charge in [0.2, 0.25) is 0 Å². The predicted molar refractivity (Wildman–Crippen MR) is 50.5 cm³/mol. The van der Waals surface area contributed by atoms with E-state index in [1.807, 2.05) is 6.20 Å². The van der Waals surface area contributed by atoms with Crippen molar-refractivity contribution < 1.29 is 0 Å². The van der Waals surface area contributed by atoms with Crippen molar-refractivity contribution in [2.24, 2.45) is 0 Å². The monoisotopic (exact) mass is 251 g/mol. The van der Waals surface area contributed by atoms with Crippen LogP contribution >= 0.6 is 22.9 Å². The lowest BCUT2D eigenvalue weighted by Crippen LogP contribution is -2.31.